The molecule has 0 aliphatic carbocycles. The Morgan fingerprint density at radius 2 is 1.97 bits per heavy atom. The highest BCUT2D eigenvalue weighted by molar-refractivity contribution is 6.15. The van der Waals surface area contributed by atoms with Gasteiger partial charge in [0.25, 0.3) is 5.91 Å². The maximum Gasteiger partial charge on any atom is 0.290 e. The maximum atomic E-state index is 13.3. The Labute approximate surface area is 204 Å². The van der Waals surface area contributed by atoms with Crippen LogP contribution in [0.15, 0.2) is 52.3 Å². The average molecular weight is 485 g/mol. The van der Waals surface area contributed by atoms with E-state index in [1.54, 1.807) is 36.3 Å². The second-order valence-electron chi connectivity index (χ2n) is 8.54. The number of carbonyl (C=O) groups excluding carboxylic acids is 2. The number of furan rings is 1. The third kappa shape index (κ3) is 5.36. The van der Waals surface area contributed by atoms with Crippen molar-refractivity contribution in [3.63, 3.8) is 0 Å². The summed E-state index contributed by atoms with van der Waals surface area (Å²) in [4.78, 5) is 30.3. The van der Waals surface area contributed by atoms with Crippen molar-refractivity contribution in [2.24, 2.45) is 0 Å². The Bertz CT molecular complexity index is 1060. The molecular weight excluding hydrogens is 452 g/mol. The van der Waals surface area contributed by atoms with Crippen molar-refractivity contribution in [2.45, 2.75) is 25.8 Å². The van der Waals surface area contributed by atoms with Crippen LogP contribution in [-0.4, -0.2) is 79.7 Å². The number of hydrogen-bond donors (Lipinski definition) is 1. The van der Waals surface area contributed by atoms with E-state index in [4.69, 9.17) is 18.6 Å². The van der Waals surface area contributed by atoms with Crippen LogP contribution in [0.5, 0.6) is 11.5 Å². The van der Waals surface area contributed by atoms with Crippen molar-refractivity contribution >= 4 is 11.7 Å². The molecule has 0 radical (unpaired) electrons. The summed E-state index contributed by atoms with van der Waals surface area (Å²) in [6.07, 6.45) is 2.92. The Balaban J connectivity index is 1.64. The molecule has 3 heterocycles. The number of aliphatic hydroxyl groups excluding tert-OH is 1. The molecule has 9 heteroatoms. The molecule has 1 N–H and O–H groups in total. The predicted octanol–water partition coefficient (Wildman–Crippen LogP) is 3.38. The summed E-state index contributed by atoms with van der Waals surface area (Å²) in [5.41, 5.74) is 0.643. The van der Waals surface area contributed by atoms with Crippen LogP contribution in [0.25, 0.3) is 0 Å². The average Bonchev–Trinajstić information content (AvgIpc) is 3.51. The van der Waals surface area contributed by atoms with E-state index in [9.17, 15) is 14.7 Å². The van der Waals surface area contributed by atoms with Gasteiger partial charge in [-0.05, 0) is 42.7 Å². The van der Waals surface area contributed by atoms with Gasteiger partial charge in [-0.25, -0.2) is 0 Å². The van der Waals surface area contributed by atoms with Crippen LogP contribution in [0.3, 0.4) is 0 Å². The van der Waals surface area contributed by atoms with Gasteiger partial charge in [-0.15, -0.1) is 0 Å². The van der Waals surface area contributed by atoms with E-state index in [0.717, 1.165) is 26.1 Å². The van der Waals surface area contributed by atoms with Crippen molar-refractivity contribution in [2.75, 3.05) is 53.1 Å². The van der Waals surface area contributed by atoms with Crippen LogP contribution in [0.1, 0.15) is 41.9 Å². The van der Waals surface area contributed by atoms with Crippen molar-refractivity contribution in [1.82, 2.24) is 9.80 Å². The number of benzene rings is 1. The number of Topliss-reactive ketones (excluding diaryl/α,β-unsaturated/α-hetero) is 1. The fraction of sp³-hybridized carbons (Fsp3) is 0.462. The van der Waals surface area contributed by atoms with Gasteiger partial charge in [0.05, 0.1) is 44.8 Å². The molecule has 4 rings (SSSR count). The molecule has 9 nitrogen and oxygen atoms in total. The van der Waals surface area contributed by atoms with Gasteiger partial charge in [0, 0.05) is 26.2 Å². The van der Waals surface area contributed by atoms with Crippen LogP contribution in [0, 0.1) is 0 Å². The summed E-state index contributed by atoms with van der Waals surface area (Å²) < 4.78 is 22.0. The van der Waals surface area contributed by atoms with Gasteiger partial charge in [-0.1, -0.05) is 13.0 Å². The first-order chi connectivity index (χ1) is 17.0. The molecule has 2 aromatic rings. The van der Waals surface area contributed by atoms with E-state index in [-0.39, 0.29) is 11.3 Å². The van der Waals surface area contributed by atoms with Crippen molar-refractivity contribution in [3.05, 3.63) is 59.3 Å². The van der Waals surface area contributed by atoms with Gasteiger partial charge in [0.2, 0.25) is 5.78 Å². The first-order valence-electron chi connectivity index (χ1n) is 12.0. The normalized spacial score (nSPS) is 18.9. The van der Waals surface area contributed by atoms with E-state index in [1.807, 2.05) is 6.92 Å². The Hall–Kier alpha value is -3.30. The molecule has 2 aliphatic rings. The van der Waals surface area contributed by atoms with E-state index in [1.165, 1.54) is 12.3 Å². The van der Waals surface area contributed by atoms with Crippen LogP contribution in [0.4, 0.5) is 0 Å². The molecule has 1 atom stereocenters. The topological polar surface area (TPSA) is 102 Å². The number of hydrogen-bond acceptors (Lipinski definition) is 8. The second kappa shape index (κ2) is 11.4. The summed E-state index contributed by atoms with van der Waals surface area (Å²) in [6.45, 7) is 6.79. The zero-order chi connectivity index (χ0) is 24.8. The summed E-state index contributed by atoms with van der Waals surface area (Å²) in [7, 11) is 1.54. The van der Waals surface area contributed by atoms with Gasteiger partial charge in [0.15, 0.2) is 23.0 Å². The van der Waals surface area contributed by atoms with Crippen LogP contribution in [0.2, 0.25) is 0 Å². The first-order valence-corrected chi connectivity index (χ1v) is 12.0. The van der Waals surface area contributed by atoms with Crippen LogP contribution in [-0.2, 0) is 9.53 Å². The quantitative estimate of drug-likeness (QED) is 0.485. The molecule has 35 heavy (non-hydrogen) atoms. The minimum absolute atomic E-state index is 0.000558. The zero-order valence-corrected chi connectivity index (χ0v) is 20.2. The zero-order valence-electron chi connectivity index (χ0n) is 20.2. The molecule has 1 aromatic heterocycles. The number of ketones is 1. The number of nitrogens with zero attached hydrogens (tertiary/aromatic N) is 2. The molecule has 0 bridgehead atoms. The Morgan fingerprint density at radius 1 is 1.17 bits per heavy atom. The molecule has 2 aliphatic heterocycles. The second-order valence-corrected chi connectivity index (χ2v) is 8.54. The molecule has 0 unspecified atom stereocenters. The molecule has 1 saturated heterocycles. The minimum Gasteiger partial charge on any atom is -0.503 e. The summed E-state index contributed by atoms with van der Waals surface area (Å²) in [5, 5.41) is 10.8. The lowest BCUT2D eigenvalue weighted by atomic mass is 9.94. The molecule has 1 amide bonds. The number of morpholine rings is 1. The number of amides is 1. The number of ether oxygens (including phenoxy) is 3. The lowest BCUT2D eigenvalue weighted by Crippen LogP contribution is -2.39. The number of carbonyl (C=O) groups is 2. The molecule has 0 spiro atoms. The van der Waals surface area contributed by atoms with Crippen LogP contribution < -0.4 is 9.47 Å². The van der Waals surface area contributed by atoms with E-state index in [0.29, 0.717) is 49.8 Å². The lowest BCUT2D eigenvalue weighted by molar-refractivity contribution is -0.129. The molecule has 1 fully saturated rings. The van der Waals surface area contributed by atoms with E-state index < -0.39 is 23.5 Å². The molecule has 1 aromatic carbocycles. The highest BCUT2D eigenvalue weighted by Gasteiger charge is 2.44. The highest BCUT2D eigenvalue weighted by Crippen LogP contribution is 2.41. The fourth-order valence-electron chi connectivity index (χ4n) is 4.48. The SMILES string of the molecule is CCCOc1ccc([C@@H]2C(C(=O)c3ccco3)=C(O)C(=O)N2CCCN2CCOCC2)cc1OC. The van der Waals surface area contributed by atoms with Crippen molar-refractivity contribution < 1.29 is 33.3 Å². The highest BCUT2D eigenvalue weighted by atomic mass is 16.5. The Kier molecular flexibility index (Phi) is 8.09. The fourth-order valence-corrected chi connectivity index (χ4v) is 4.48. The summed E-state index contributed by atoms with van der Waals surface area (Å²) in [5.74, 6) is -0.507. The summed E-state index contributed by atoms with van der Waals surface area (Å²) in [6, 6.07) is 7.66. The van der Waals surface area contributed by atoms with Crippen molar-refractivity contribution in [1.29, 1.82) is 0 Å². The molecule has 188 valence electrons. The molecular formula is C26H32N2O7. The van der Waals surface area contributed by atoms with Crippen molar-refractivity contribution in [3.8, 4) is 11.5 Å². The molecule has 0 saturated carbocycles. The van der Waals surface area contributed by atoms with Gasteiger partial charge in [0.1, 0.15) is 0 Å². The van der Waals surface area contributed by atoms with E-state index in [2.05, 4.69) is 4.90 Å². The van der Waals surface area contributed by atoms with Crippen LogP contribution >= 0.6 is 0 Å². The third-order valence-corrected chi connectivity index (χ3v) is 6.24. The lowest BCUT2D eigenvalue weighted by Gasteiger charge is -2.30. The smallest absolute Gasteiger partial charge is 0.290 e. The number of aliphatic hydroxyl groups is 1. The van der Waals surface area contributed by atoms with Gasteiger partial charge < -0.3 is 28.6 Å². The predicted molar refractivity (Wildman–Crippen MR) is 128 cm³/mol. The minimum atomic E-state index is -0.779. The Morgan fingerprint density at radius 3 is 2.66 bits per heavy atom. The van der Waals surface area contributed by atoms with Gasteiger partial charge in [-0.2, -0.15) is 0 Å². The number of methoxy groups -OCH3 is 1. The third-order valence-electron chi connectivity index (χ3n) is 6.24. The van der Waals surface area contributed by atoms with Gasteiger partial charge in [-0.3, -0.25) is 14.5 Å². The monoisotopic (exact) mass is 484 g/mol. The largest absolute Gasteiger partial charge is 0.503 e. The number of rotatable bonds is 11. The standard InChI is InChI=1S/C26H32N2O7/c1-3-13-34-19-8-7-18(17-21(19)32-2)23-22(24(29)20-6-4-14-35-20)25(30)26(31)28(23)10-5-9-27-11-15-33-16-12-27/h4,6-8,14,17,23,30H,3,5,9-13,15-16H2,1-2H3/t23-/m1/s1. The first kappa shape index (κ1) is 24.8. The van der Waals surface area contributed by atoms with Gasteiger partial charge >= 0.3 is 0 Å². The van der Waals surface area contributed by atoms with E-state index >= 15 is 0 Å². The summed E-state index contributed by atoms with van der Waals surface area (Å²) >= 11 is 0. The maximum absolute atomic E-state index is 13.3.